The standard InChI is InChI=1S/C62H40N5.Ir/c1-40-62-57-36-49(39-65-61(57)56-27-15-16-28-60(56)67(62)41(2)66-40)55-26-14-13-25-54(55)48-34-46(52-23-11-9-21-50(52)44-29-31-58(63-37-44)42-17-5-3-6-18-42)33-47(35-48)53-24-12-10-22-51(53)45-30-32-59(64-38-45)43-19-7-4-8-20-43;/h3-17,19,21-26,28-39H,1-2H3;/q-3;+3. The summed E-state index contributed by atoms with van der Waals surface area (Å²) in [6.07, 6.45) is 5.96. The third kappa shape index (κ3) is 7.60. The summed E-state index contributed by atoms with van der Waals surface area (Å²) in [6.45, 7) is 4.15. The molecule has 0 saturated heterocycles. The molecule has 0 amide bonds. The number of nitrogens with zero attached hydrogens (tertiary/aromatic N) is 5. The van der Waals surface area contributed by atoms with E-state index in [1.54, 1.807) is 0 Å². The Morgan fingerprint density at radius 2 is 0.868 bits per heavy atom. The topological polar surface area (TPSA) is 56.0 Å². The van der Waals surface area contributed by atoms with Crippen LogP contribution < -0.4 is 0 Å². The third-order valence-corrected chi connectivity index (χ3v) is 12.8. The molecule has 12 rings (SSSR count). The molecule has 12 aromatic rings. The van der Waals surface area contributed by atoms with Gasteiger partial charge in [0.1, 0.15) is 5.82 Å². The maximum Gasteiger partial charge on any atom is 3.00 e. The van der Waals surface area contributed by atoms with Crippen LogP contribution in [-0.2, 0) is 20.1 Å². The zero-order valence-electron chi connectivity index (χ0n) is 37.2. The first-order chi connectivity index (χ1) is 33.1. The molecule has 7 aromatic carbocycles. The number of imidazole rings is 1. The van der Waals surface area contributed by atoms with Crippen molar-refractivity contribution in [2.75, 3.05) is 0 Å². The third-order valence-electron chi connectivity index (χ3n) is 12.8. The van der Waals surface area contributed by atoms with Crippen LogP contribution in [0.2, 0.25) is 0 Å². The molecule has 68 heavy (non-hydrogen) atoms. The van der Waals surface area contributed by atoms with Crippen molar-refractivity contribution in [1.82, 2.24) is 24.3 Å². The molecule has 0 radical (unpaired) electrons. The number of aryl methyl sites for hydroxylation is 2. The molecule has 322 valence electrons. The summed E-state index contributed by atoms with van der Waals surface area (Å²) in [5.74, 6) is 0.942. The first-order valence-corrected chi connectivity index (χ1v) is 22.4. The average Bonchev–Trinajstić information content (AvgIpc) is 3.72. The number of hydrogen-bond donors (Lipinski definition) is 0. The number of fused-ring (bicyclic) bond motifs is 6. The van der Waals surface area contributed by atoms with Crippen molar-refractivity contribution in [2.45, 2.75) is 13.8 Å². The summed E-state index contributed by atoms with van der Waals surface area (Å²) in [5, 5.41) is 2.03. The summed E-state index contributed by atoms with van der Waals surface area (Å²) in [4.78, 5) is 20.0. The number of rotatable bonds is 8. The minimum Gasteiger partial charge on any atom is -0.339 e. The fourth-order valence-corrected chi connectivity index (χ4v) is 9.66. The van der Waals surface area contributed by atoms with Gasteiger partial charge in [-0.15, -0.1) is 101 Å². The van der Waals surface area contributed by atoms with Crippen LogP contribution in [0.1, 0.15) is 11.5 Å². The Kier molecular flexibility index (Phi) is 11.2. The van der Waals surface area contributed by atoms with Crippen molar-refractivity contribution >= 4 is 27.3 Å². The molecular formula is C62H40IrN5. The molecule has 0 aliphatic rings. The first kappa shape index (κ1) is 42.5. The van der Waals surface area contributed by atoms with Crippen LogP contribution >= 0.6 is 0 Å². The van der Waals surface area contributed by atoms with Crippen LogP contribution in [0, 0.1) is 32.0 Å². The summed E-state index contributed by atoms with van der Waals surface area (Å²) in [6, 6.07) is 75.9. The van der Waals surface area contributed by atoms with Crippen molar-refractivity contribution in [2.24, 2.45) is 0 Å². The zero-order chi connectivity index (χ0) is 44.8. The molecule has 0 fully saturated rings. The molecule has 5 nitrogen and oxygen atoms in total. The second kappa shape index (κ2) is 17.9. The monoisotopic (exact) mass is 1050 g/mol. The Hall–Kier alpha value is -8.15. The van der Waals surface area contributed by atoms with Crippen LogP contribution in [0.3, 0.4) is 0 Å². The van der Waals surface area contributed by atoms with Gasteiger partial charge in [0.05, 0.1) is 11.2 Å². The second-order valence-electron chi connectivity index (χ2n) is 16.8. The van der Waals surface area contributed by atoms with Gasteiger partial charge in [0.25, 0.3) is 0 Å². The Morgan fingerprint density at radius 3 is 1.34 bits per heavy atom. The van der Waals surface area contributed by atoms with Gasteiger partial charge in [-0.3, -0.25) is 0 Å². The molecule has 0 spiro atoms. The van der Waals surface area contributed by atoms with E-state index >= 15 is 0 Å². The predicted octanol–water partition coefficient (Wildman–Crippen LogP) is 15.2. The van der Waals surface area contributed by atoms with Crippen LogP contribution in [0.5, 0.6) is 0 Å². The Morgan fingerprint density at radius 1 is 0.412 bits per heavy atom. The SMILES string of the molecule is Cc1nc(C)n2c3ccc[c-]c3c3ncc(-c4ccccc4-c4cc(-c5ccccc5-c5ccc(-c6[c-]cccc6)nc5)cc(-c5ccccc5-c5ccc(-c6[c-]cccc6)nc5)c4)cc3c12.[Ir+3]. The van der Waals surface area contributed by atoms with Crippen LogP contribution in [0.25, 0.3) is 117 Å². The fourth-order valence-electron chi connectivity index (χ4n) is 9.66. The number of pyridine rings is 4. The molecule has 0 aliphatic heterocycles. The zero-order valence-corrected chi connectivity index (χ0v) is 39.6. The molecule has 5 aromatic heterocycles. The predicted molar refractivity (Wildman–Crippen MR) is 273 cm³/mol. The molecule has 0 unspecified atom stereocenters. The maximum atomic E-state index is 5.20. The van der Waals surface area contributed by atoms with Crippen molar-refractivity contribution in [3.8, 4) is 89.3 Å². The van der Waals surface area contributed by atoms with Crippen molar-refractivity contribution in [3.05, 3.63) is 236 Å². The van der Waals surface area contributed by atoms with E-state index in [4.69, 9.17) is 19.9 Å². The van der Waals surface area contributed by atoms with Gasteiger partial charge >= 0.3 is 20.1 Å². The van der Waals surface area contributed by atoms with E-state index in [2.05, 4.69) is 164 Å². The quantitative estimate of drug-likeness (QED) is 0.112. The molecule has 0 aliphatic carbocycles. The Bertz CT molecular complexity index is 3660. The summed E-state index contributed by atoms with van der Waals surface area (Å²) in [7, 11) is 0. The molecule has 5 heterocycles. The van der Waals surface area contributed by atoms with Gasteiger partial charge in [-0.05, 0) is 127 Å². The fraction of sp³-hybridized carbons (Fsp3) is 0.0323. The van der Waals surface area contributed by atoms with Crippen LogP contribution in [0.4, 0.5) is 0 Å². The molecule has 0 saturated carbocycles. The van der Waals surface area contributed by atoms with Crippen LogP contribution in [-0.4, -0.2) is 24.3 Å². The van der Waals surface area contributed by atoms with E-state index in [0.717, 1.165) is 128 Å². The summed E-state index contributed by atoms with van der Waals surface area (Å²) >= 11 is 0. The van der Waals surface area contributed by atoms with Gasteiger partial charge < -0.3 is 19.4 Å². The molecule has 6 heteroatoms. The van der Waals surface area contributed by atoms with Gasteiger partial charge in [-0.25, -0.2) is 4.98 Å². The van der Waals surface area contributed by atoms with E-state index in [1.165, 1.54) is 0 Å². The molecule has 0 atom stereocenters. The number of hydrogen-bond acceptors (Lipinski definition) is 4. The Balaban J connectivity index is 0.00000507. The minimum atomic E-state index is 0. The van der Waals surface area contributed by atoms with Gasteiger partial charge in [0.2, 0.25) is 0 Å². The Labute approximate surface area is 408 Å². The van der Waals surface area contributed by atoms with E-state index in [0.29, 0.717) is 0 Å². The smallest absolute Gasteiger partial charge is 0.339 e. The van der Waals surface area contributed by atoms with E-state index in [9.17, 15) is 0 Å². The van der Waals surface area contributed by atoms with Gasteiger partial charge in [-0.1, -0.05) is 103 Å². The molecular weight excluding hydrogens is 1010 g/mol. The van der Waals surface area contributed by atoms with Gasteiger partial charge in [0, 0.05) is 18.6 Å². The average molecular weight is 1050 g/mol. The summed E-state index contributed by atoms with van der Waals surface area (Å²) in [5.41, 5.74) is 20.7. The van der Waals surface area contributed by atoms with E-state index < -0.39 is 0 Å². The minimum absolute atomic E-state index is 0. The second-order valence-corrected chi connectivity index (χ2v) is 16.8. The molecule has 0 N–H and O–H groups in total. The summed E-state index contributed by atoms with van der Waals surface area (Å²) < 4.78 is 2.25. The number of benzene rings is 7. The normalized spacial score (nSPS) is 11.3. The van der Waals surface area contributed by atoms with Gasteiger partial charge in [0.15, 0.2) is 0 Å². The van der Waals surface area contributed by atoms with Crippen molar-refractivity contribution < 1.29 is 20.1 Å². The largest absolute Gasteiger partial charge is 3.00 e. The van der Waals surface area contributed by atoms with Gasteiger partial charge in [-0.2, -0.15) is 0 Å². The van der Waals surface area contributed by atoms with E-state index in [1.807, 2.05) is 79.3 Å². The van der Waals surface area contributed by atoms with E-state index in [-0.39, 0.29) is 20.1 Å². The maximum absolute atomic E-state index is 5.20. The van der Waals surface area contributed by atoms with Crippen LogP contribution in [0.15, 0.2) is 207 Å². The number of aromatic nitrogens is 5. The van der Waals surface area contributed by atoms with Crippen molar-refractivity contribution in [1.29, 1.82) is 0 Å². The van der Waals surface area contributed by atoms with Crippen molar-refractivity contribution in [3.63, 3.8) is 0 Å². The molecule has 0 bridgehead atoms. The first-order valence-electron chi connectivity index (χ1n) is 22.4.